The van der Waals surface area contributed by atoms with Crippen molar-refractivity contribution < 1.29 is 9.59 Å². The second kappa shape index (κ2) is 5.27. The van der Waals surface area contributed by atoms with Gasteiger partial charge in [0.15, 0.2) is 5.78 Å². The highest BCUT2D eigenvalue weighted by Crippen LogP contribution is 2.28. The number of carbonyl (C=O) groups is 2. The number of benzene rings is 1. The molecule has 2 unspecified atom stereocenters. The first-order chi connectivity index (χ1) is 9.63. The van der Waals surface area contributed by atoms with Crippen molar-refractivity contribution in [2.45, 2.75) is 32.2 Å². The van der Waals surface area contributed by atoms with Crippen LogP contribution in [-0.2, 0) is 4.79 Å². The van der Waals surface area contributed by atoms with E-state index in [2.05, 4.69) is 10.2 Å². The highest BCUT2D eigenvalue weighted by atomic mass is 16.1. The molecule has 20 heavy (non-hydrogen) atoms. The molecule has 2 aliphatic heterocycles. The zero-order chi connectivity index (χ0) is 14.1. The summed E-state index contributed by atoms with van der Waals surface area (Å²) in [5.74, 6) is 0.852. The van der Waals surface area contributed by atoms with Gasteiger partial charge in [0, 0.05) is 36.8 Å². The summed E-state index contributed by atoms with van der Waals surface area (Å²) in [7, 11) is 0. The van der Waals surface area contributed by atoms with Gasteiger partial charge in [0.2, 0.25) is 5.91 Å². The lowest BCUT2D eigenvalue weighted by Crippen LogP contribution is -2.54. The van der Waals surface area contributed by atoms with Crippen molar-refractivity contribution in [1.82, 2.24) is 5.32 Å². The molecule has 0 aliphatic carbocycles. The molecule has 0 bridgehead atoms. The number of nitrogens with one attached hydrogen (secondary N) is 1. The van der Waals surface area contributed by atoms with Crippen molar-refractivity contribution in [3.8, 4) is 0 Å². The molecule has 2 heterocycles. The Hall–Kier alpha value is -1.84. The molecule has 2 atom stereocenters. The monoisotopic (exact) mass is 272 g/mol. The minimum atomic E-state index is 0.102. The van der Waals surface area contributed by atoms with E-state index >= 15 is 0 Å². The lowest BCUT2D eigenvalue weighted by atomic mass is 9.85. The Bertz CT molecular complexity index is 524. The van der Waals surface area contributed by atoms with Crippen LogP contribution >= 0.6 is 0 Å². The molecule has 106 valence electrons. The molecule has 2 saturated heterocycles. The average molecular weight is 272 g/mol. The van der Waals surface area contributed by atoms with Crippen LogP contribution in [0.3, 0.4) is 0 Å². The van der Waals surface area contributed by atoms with E-state index in [1.807, 2.05) is 24.3 Å². The van der Waals surface area contributed by atoms with E-state index in [1.54, 1.807) is 6.92 Å². The van der Waals surface area contributed by atoms with Gasteiger partial charge in [-0.05, 0) is 49.9 Å². The molecule has 4 nitrogen and oxygen atoms in total. The summed E-state index contributed by atoms with van der Waals surface area (Å²) in [5, 5.41) is 3.10. The number of piperidine rings is 2. The lowest BCUT2D eigenvalue weighted by Gasteiger charge is -2.42. The summed E-state index contributed by atoms with van der Waals surface area (Å²) in [6.45, 7) is 3.54. The van der Waals surface area contributed by atoms with Gasteiger partial charge in [0.1, 0.15) is 0 Å². The Morgan fingerprint density at radius 1 is 1.25 bits per heavy atom. The van der Waals surface area contributed by atoms with Gasteiger partial charge in [-0.1, -0.05) is 0 Å². The molecule has 0 saturated carbocycles. The van der Waals surface area contributed by atoms with Crippen molar-refractivity contribution >= 4 is 17.4 Å². The van der Waals surface area contributed by atoms with Crippen LogP contribution in [0, 0.1) is 5.92 Å². The molecular formula is C16H20N2O2. The number of nitrogens with zero attached hydrogens (tertiary/aromatic N) is 1. The molecule has 1 aromatic rings. The summed E-state index contributed by atoms with van der Waals surface area (Å²) in [6.07, 6.45) is 2.64. The maximum Gasteiger partial charge on any atom is 0.220 e. The first kappa shape index (κ1) is 13.2. The maximum absolute atomic E-state index is 11.4. The van der Waals surface area contributed by atoms with E-state index in [1.165, 1.54) is 5.69 Å². The van der Waals surface area contributed by atoms with Crippen LogP contribution in [0.15, 0.2) is 24.3 Å². The van der Waals surface area contributed by atoms with Crippen LogP contribution in [0.4, 0.5) is 5.69 Å². The SMILES string of the molecule is CC(=O)c1ccc(N2CCC3NC(=O)CCC3C2)cc1. The van der Waals surface area contributed by atoms with Crippen LogP contribution in [0.25, 0.3) is 0 Å². The van der Waals surface area contributed by atoms with Crippen LogP contribution < -0.4 is 10.2 Å². The van der Waals surface area contributed by atoms with Crippen LogP contribution in [0.2, 0.25) is 0 Å². The predicted molar refractivity (Wildman–Crippen MR) is 77.9 cm³/mol. The Labute approximate surface area is 119 Å². The zero-order valence-electron chi connectivity index (χ0n) is 11.8. The quantitative estimate of drug-likeness (QED) is 0.838. The Morgan fingerprint density at radius 2 is 2.00 bits per heavy atom. The molecule has 2 aliphatic rings. The van der Waals surface area contributed by atoms with Gasteiger partial charge in [0.05, 0.1) is 0 Å². The fourth-order valence-corrected chi connectivity index (χ4v) is 3.25. The third-order valence-corrected chi connectivity index (χ3v) is 4.46. The Balaban J connectivity index is 1.69. The average Bonchev–Trinajstić information content (AvgIpc) is 2.47. The van der Waals surface area contributed by atoms with E-state index in [4.69, 9.17) is 0 Å². The summed E-state index contributed by atoms with van der Waals surface area (Å²) in [6, 6.07) is 8.19. The molecule has 1 aromatic carbocycles. The number of hydrogen-bond acceptors (Lipinski definition) is 3. The smallest absolute Gasteiger partial charge is 0.220 e. The molecule has 0 aromatic heterocycles. The van der Waals surface area contributed by atoms with E-state index in [0.717, 1.165) is 31.5 Å². The van der Waals surface area contributed by atoms with Crippen molar-refractivity contribution in [3.05, 3.63) is 29.8 Å². The molecule has 0 radical (unpaired) electrons. The molecule has 4 heteroatoms. The van der Waals surface area contributed by atoms with Crippen molar-refractivity contribution in [2.24, 2.45) is 5.92 Å². The van der Waals surface area contributed by atoms with Gasteiger partial charge in [-0.15, -0.1) is 0 Å². The van der Waals surface area contributed by atoms with Crippen LogP contribution in [-0.4, -0.2) is 30.8 Å². The molecule has 1 N–H and O–H groups in total. The molecule has 3 rings (SSSR count). The van der Waals surface area contributed by atoms with E-state index in [9.17, 15) is 9.59 Å². The fraction of sp³-hybridized carbons (Fsp3) is 0.500. The van der Waals surface area contributed by atoms with Crippen molar-refractivity contribution in [2.75, 3.05) is 18.0 Å². The van der Waals surface area contributed by atoms with Gasteiger partial charge in [0.25, 0.3) is 0 Å². The standard InChI is InChI=1S/C16H20N2O2/c1-11(19)12-2-5-14(6-3-12)18-9-8-15-13(10-18)4-7-16(20)17-15/h2-3,5-6,13,15H,4,7-10H2,1H3,(H,17,20). The predicted octanol–water partition coefficient (Wildman–Crippen LogP) is 1.99. The molecule has 0 spiro atoms. The molecular weight excluding hydrogens is 252 g/mol. The summed E-state index contributed by atoms with van der Waals surface area (Å²) < 4.78 is 0. The lowest BCUT2D eigenvalue weighted by molar-refractivity contribution is -0.124. The number of fused-ring (bicyclic) bond motifs is 1. The van der Waals surface area contributed by atoms with Gasteiger partial charge in [-0.2, -0.15) is 0 Å². The molecule has 1 amide bonds. The first-order valence-electron chi connectivity index (χ1n) is 7.29. The second-order valence-electron chi connectivity index (χ2n) is 5.81. The minimum Gasteiger partial charge on any atom is -0.371 e. The largest absolute Gasteiger partial charge is 0.371 e. The first-order valence-corrected chi connectivity index (χ1v) is 7.29. The van der Waals surface area contributed by atoms with Crippen molar-refractivity contribution in [3.63, 3.8) is 0 Å². The van der Waals surface area contributed by atoms with Gasteiger partial charge < -0.3 is 10.2 Å². The zero-order valence-corrected chi connectivity index (χ0v) is 11.8. The maximum atomic E-state index is 11.4. The van der Waals surface area contributed by atoms with Crippen LogP contribution in [0.1, 0.15) is 36.5 Å². The Morgan fingerprint density at radius 3 is 2.70 bits per heavy atom. The van der Waals surface area contributed by atoms with E-state index in [0.29, 0.717) is 18.4 Å². The van der Waals surface area contributed by atoms with E-state index < -0.39 is 0 Å². The third-order valence-electron chi connectivity index (χ3n) is 4.46. The number of carbonyl (C=O) groups excluding carboxylic acids is 2. The topological polar surface area (TPSA) is 49.4 Å². The normalized spacial score (nSPS) is 25.9. The minimum absolute atomic E-state index is 0.102. The summed E-state index contributed by atoms with van der Waals surface area (Å²) in [5.41, 5.74) is 1.93. The number of anilines is 1. The van der Waals surface area contributed by atoms with Crippen molar-refractivity contribution in [1.29, 1.82) is 0 Å². The fourth-order valence-electron chi connectivity index (χ4n) is 3.25. The third kappa shape index (κ3) is 2.55. The highest BCUT2D eigenvalue weighted by Gasteiger charge is 2.33. The number of ketones is 1. The second-order valence-corrected chi connectivity index (χ2v) is 5.81. The van der Waals surface area contributed by atoms with Gasteiger partial charge in [-0.3, -0.25) is 9.59 Å². The Kier molecular flexibility index (Phi) is 3.47. The highest BCUT2D eigenvalue weighted by molar-refractivity contribution is 5.94. The number of hydrogen-bond donors (Lipinski definition) is 1. The van der Waals surface area contributed by atoms with Gasteiger partial charge in [-0.25, -0.2) is 0 Å². The van der Waals surface area contributed by atoms with E-state index in [-0.39, 0.29) is 11.7 Å². The molecule has 2 fully saturated rings. The summed E-state index contributed by atoms with van der Waals surface area (Å²) >= 11 is 0. The summed E-state index contributed by atoms with van der Waals surface area (Å²) in [4.78, 5) is 25.1. The van der Waals surface area contributed by atoms with Crippen LogP contribution in [0.5, 0.6) is 0 Å². The van der Waals surface area contributed by atoms with Gasteiger partial charge >= 0.3 is 0 Å². The number of rotatable bonds is 2. The number of Topliss-reactive ketones (excluding diaryl/α,β-unsaturated/α-hetero) is 1. The number of amides is 1.